The highest BCUT2D eigenvalue weighted by molar-refractivity contribution is 4.68. The van der Waals surface area contributed by atoms with Gasteiger partial charge in [-0.1, -0.05) is 0 Å². The summed E-state index contributed by atoms with van der Waals surface area (Å²) in [4.78, 5) is 4.94. The first-order chi connectivity index (χ1) is 7.83. The van der Waals surface area contributed by atoms with Crippen LogP contribution in [0.5, 0.6) is 0 Å². The van der Waals surface area contributed by atoms with E-state index in [4.69, 9.17) is 9.47 Å². The lowest BCUT2D eigenvalue weighted by Crippen LogP contribution is -2.44. The molecule has 1 fully saturated rings. The molecule has 16 heavy (non-hydrogen) atoms. The number of hydrogen-bond acceptors (Lipinski definition) is 4. The van der Waals surface area contributed by atoms with Gasteiger partial charge in [-0.05, 0) is 26.4 Å². The molecule has 1 rings (SSSR count). The minimum atomic E-state index is 0.707. The van der Waals surface area contributed by atoms with Crippen molar-refractivity contribution in [2.24, 2.45) is 0 Å². The first-order valence-corrected chi connectivity index (χ1v) is 6.30. The van der Waals surface area contributed by atoms with Crippen molar-refractivity contribution in [2.75, 3.05) is 66.7 Å². The van der Waals surface area contributed by atoms with Gasteiger partial charge in [0.05, 0.1) is 13.2 Å². The Hall–Kier alpha value is -0.160. The van der Waals surface area contributed by atoms with Crippen LogP contribution < -0.4 is 0 Å². The van der Waals surface area contributed by atoms with E-state index in [1.165, 1.54) is 39.1 Å². The number of methoxy groups -OCH3 is 1. The van der Waals surface area contributed by atoms with Crippen LogP contribution in [0.15, 0.2) is 0 Å². The summed E-state index contributed by atoms with van der Waals surface area (Å²) in [6.07, 6.45) is 2.41. The second kappa shape index (κ2) is 8.93. The van der Waals surface area contributed by atoms with E-state index in [2.05, 4.69) is 16.8 Å². The fourth-order valence-electron chi connectivity index (χ4n) is 1.86. The number of likely N-dealkylation sites (N-methyl/N-ethyl adjacent to an activating group) is 1. The maximum Gasteiger partial charge on any atom is 0.0700 e. The second-order valence-corrected chi connectivity index (χ2v) is 4.46. The molecule has 0 saturated carbocycles. The number of rotatable bonds is 8. The fraction of sp³-hybridized carbons (Fsp3) is 1.00. The summed E-state index contributed by atoms with van der Waals surface area (Å²) in [7, 11) is 3.90. The molecule has 0 N–H and O–H groups in total. The third kappa shape index (κ3) is 6.43. The van der Waals surface area contributed by atoms with E-state index in [0.29, 0.717) is 6.61 Å². The van der Waals surface area contributed by atoms with E-state index in [-0.39, 0.29) is 0 Å². The summed E-state index contributed by atoms with van der Waals surface area (Å²) in [5, 5.41) is 0. The highest BCUT2D eigenvalue weighted by Crippen LogP contribution is 2.01. The minimum absolute atomic E-state index is 0.707. The summed E-state index contributed by atoms with van der Waals surface area (Å²) in [5.74, 6) is 0. The number of hydrogen-bond donors (Lipinski definition) is 0. The van der Waals surface area contributed by atoms with E-state index in [1.54, 1.807) is 7.11 Å². The predicted molar refractivity (Wildman–Crippen MR) is 65.9 cm³/mol. The molecule has 0 aromatic rings. The van der Waals surface area contributed by atoms with Gasteiger partial charge in [0, 0.05) is 39.9 Å². The summed E-state index contributed by atoms with van der Waals surface area (Å²) in [5.41, 5.74) is 0. The van der Waals surface area contributed by atoms with Crippen molar-refractivity contribution < 1.29 is 9.47 Å². The maximum absolute atomic E-state index is 5.43. The highest BCUT2D eigenvalue weighted by Gasteiger charge is 2.12. The van der Waals surface area contributed by atoms with Crippen LogP contribution in [0.4, 0.5) is 0 Å². The Balaban J connectivity index is 1.84. The molecule has 1 heterocycles. The van der Waals surface area contributed by atoms with Crippen molar-refractivity contribution in [2.45, 2.75) is 12.8 Å². The molecule has 96 valence electrons. The highest BCUT2D eigenvalue weighted by atomic mass is 16.5. The van der Waals surface area contributed by atoms with Crippen LogP contribution in [-0.4, -0.2) is 76.5 Å². The average Bonchev–Trinajstić information content (AvgIpc) is 2.30. The van der Waals surface area contributed by atoms with Gasteiger partial charge in [-0.3, -0.25) is 0 Å². The Morgan fingerprint density at radius 2 is 1.69 bits per heavy atom. The van der Waals surface area contributed by atoms with Crippen LogP contribution in [0.2, 0.25) is 0 Å². The topological polar surface area (TPSA) is 24.9 Å². The molecular formula is C12H26N2O2. The lowest BCUT2D eigenvalue weighted by molar-refractivity contribution is 0.0666. The molecule has 4 heteroatoms. The van der Waals surface area contributed by atoms with Crippen molar-refractivity contribution in [3.63, 3.8) is 0 Å². The Morgan fingerprint density at radius 1 is 0.938 bits per heavy atom. The Labute approximate surface area is 99.5 Å². The number of nitrogens with zero attached hydrogens (tertiary/aromatic N) is 2. The van der Waals surface area contributed by atoms with Gasteiger partial charge in [0.15, 0.2) is 0 Å². The standard InChI is InChI=1S/C12H26N2O2/c1-13-6-8-14(9-7-13)5-3-4-10-16-12-11-15-2/h3-12H2,1-2H3. The van der Waals surface area contributed by atoms with Gasteiger partial charge in [0.2, 0.25) is 0 Å². The van der Waals surface area contributed by atoms with E-state index in [9.17, 15) is 0 Å². The molecule has 1 aliphatic rings. The molecule has 0 aromatic heterocycles. The number of piperazine rings is 1. The van der Waals surface area contributed by atoms with Crippen LogP contribution in [0.1, 0.15) is 12.8 Å². The van der Waals surface area contributed by atoms with Crippen LogP contribution in [0.3, 0.4) is 0 Å². The first kappa shape index (κ1) is 13.9. The van der Waals surface area contributed by atoms with Crippen LogP contribution in [0.25, 0.3) is 0 Å². The molecule has 0 bridgehead atoms. The van der Waals surface area contributed by atoms with Gasteiger partial charge in [-0.15, -0.1) is 0 Å². The Bertz CT molecular complexity index is 159. The SMILES string of the molecule is COCCOCCCCN1CCN(C)CC1. The molecule has 1 saturated heterocycles. The smallest absolute Gasteiger partial charge is 0.0700 e. The molecule has 4 nitrogen and oxygen atoms in total. The summed E-state index contributed by atoms with van der Waals surface area (Å²) in [6, 6.07) is 0. The molecule has 0 aliphatic carbocycles. The van der Waals surface area contributed by atoms with Gasteiger partial charge >= 0.3 is 0 Å². The van der Waals surface area contributed by atoms with Crippen molar-refractivity contribution in [3.8, 4) is 0 Å². The number of ether oxygens (including phenoxy) is 2. The number of unbranched alkanes of at least 4 members (excludes halogenated alkanes) is 1. The van der Waals surface area contributed by atoms with Crippen molar-refractivity contribution in [3.05, 3.63) is 0 Å². The van der Waals surface area contributed by atoms with E-state index in [0.717, 1.165) is 19.6 Å². The predicted octanol–water partition coefficient (Wildman–Crippen LogP) is 0.677. The van der Waals surface area contributed by atoms with Crippen LogP contribution in [0, 0.1) is 0 Å². The van der Waals surface area contributed by atoms with Gasteiger partial charge in [-0.2, -0.15) is 0 Å². The molecule has 1 aliphatic heterocycles. The zero-order chi connectivity index (χ0) is 11.6. The third-order valence-corrected chi connectivity index (χ3v) is 3.04. The average molecular weight is 230 g/mol. The molecular weight excluding hydrogens is 204 g/mol. The molecule has 0 atom stereocenters. The van der Waals surface area contributed by atoms with Gasteiger partial charge < -0.3 is 19.3 Å². The summed E-state index contributed by atoms with van der Waals surface area (Å²) >= 11 is 0. The van der Waals surface area contributed by atoms with E-state index in [1.807, 2.05) is 0 Å². The van der Waals surface area contributed by atoms with Crippen molar-refractivity contribution in [1.82, 2.24) is 9.80 Å². The fourth-order valence-corrected chi connectivity index (χ4v) is 1.86. The largest absolute Gasteiger partial charge is 0.382 e. The van der Waals surface area contributed by atoms with E-state index >= 15 is 0 Å². The zero-order valence-electron chi connectivity index (χ0n) is 10.8. The third-order valence-electron chi connectivity index (χ3n) is 3.04. The maximum atomic E-state index is 5.43. The summed E-state index contributed by atoms with van der Waals surface area (Å²) in [6.45, 7) is 8.40. The molecule has 0 radical (unpaired) electrons. The quantitative estimate of drug-likeness (QED) is 0.572. The Morgan fingerprint density at radius 3 is 2.38 bits per heavy atom. The zero-order valence-corrected chi connectivity index (χ0v) is 10.8. The van der Waals surface area contributed by atoms with Crippen molar-refractivity contribution in [1.29, 1.82) is 0 Å². The van der Waals surface area contributed by atoms with Crippen LogP contribution >= 0.6 is 0 Å². The first-order valence-electron chi connectivity index (χ1n) is 6.30. The normalized spacial score (nSPS) is 19.1. The summed E-state index contributed by atoms with van der Waals surface area (Å²) < 4.78 is 10.3. The van der Waals surface area contributed by atoms with Gasteiger partial charge in [0.25, 0.3) is 0 Å². The van der Waals surface area contributed by atoms with Gasteiger partial charge in [0.1, 0.15) is 0 Å². The molecule has 0 spiro atoms. The monoisotopic (exact) mass is 230 g/mol. The van der Waals surface area contributed by atoms with Crippen molar-refractivity contribution >= 4 is 0 Å². The van der Waals surface area contributed by atoms with Gasteiger partial charge in [-0.25, -0.2) is 0 Å². The second-order valence-electron chi connectivity index (χ2n) is 4.46. The lowest BCUT2D eigenvalue weighted by atomic mass is 10.2. The van der Waals surface area contributed by atoms with Crippen LogP contribution in [-0.2, 0) is 9.47 Å². The lowest BCUT2D eigenvalue weighted by Gasteiger charge is -2.32. The minimum Gasteiger partial charge on any atom is -0.382 e. The van der Waals surface area contributed by atoms with E-state index < -0.39 is 0 Å². The molecule has 0 amide bonds. The Kier molecular flexibility index (Phi) is 7.76. The molecule has 0 aromatic carbocycles. The molecule has 0 unspecified atom stereocenters.